The van der Waals surface area contributed by atoms with Crippen LogP contribution in [0.2, 0.25) is 0 Å². The van der Waals surface area contributed by atoms with Crippen molar-refractivity contribution >= 4 is 10.9 Å². The van der Waals surface area contributed by atoms with E-state index in [-0.39, 0.29) is 0 Å². The van der Waals surface area contributed by atoms with Crippen molar-refractivity contribution in [2.24, 2.45) is 5.92 Å². The number of benzene rings is 1. The molecule has 2 heteroatoms. The van der Waals surface area contributed by atoms with Gasteiger partial charge in [0.15, 0.2) is 0 Å². The zero-order chi connectivity index (χ0) is 16.0. The molecule has 0 N–H and O–H groups in total. The van der Waals surface area contributed by atoms with Crippen LogP contribution < -0.4 is 0 Å². The first kappa shape index (κ1) is 15.0. The monoisotopic (exact) mass is 308 g/mol. The highest BCUT2D eigenvalue weighted by atomic mass is 15.2. The molecule has 122 valence electrons. The molecule has 1 fully saturated rings. The molecule has 4 rings (SSSR count). The van der Waals surface area contributed by atoms with E-state index in [4.69, 9.17) is 0 Å². The molecule has 0 amide bonds. The molecule has 2 heterocycles. The summed E-state index contributed by atoms with van der Waals surface area (Å²) in [7, 11) is 0. The fraction of sp³-hybridized carbons (Fsp3) is 0.524. The number of aromatic nitrogens is 1. The lowest BCUT2D eigenvalue weighted by molar-refractivity contribution is 0.104. The molecule has 0 radical (unpaired) electrons. The molecule has 2 aromatic rings. The average Bonchev–Trinajstić information content (AvgIpc) is 2.89. The summed E-state index contributed by atoms with van der Waals surface area (Å²) < 4.78 is 2.48. The second-order valence-electron chi connectivity index (χ2n) is 7.55. The van der Waals surface area contributed by atoms with E-state index in [9.17, 15) is 0 Å². The Hall–Kier alpha value is -1.54. The Morgan fingerprint density at radius 3 is 3.00 bits per heavy atom. The van der Waals surface area contributed by atoms with E-state index in [1.165, 1.54) is 31.3 Å². The number of rotatable bonds is 4. The zero-order valence-corrected chi connectivity index (χ0v) is 14.5. The molecule has 0 saturated carbocycles. The molecule has 1 aromatic carbocycles. The predicted molar refractivity (Wildman–Crippen MR) is 98.0 cm³/mol. The summed E-state index contributed by atoms with van der Waals surface area (Å²) in [6.07, 6.45) is 8.23. The van der Waals surface area contributed by atoms with Crippen LogP contribution in [0.3, 0.4) is 0 Å². The first-order valence-corrected chi connectivity index (χ1v) is 9.18. The summed E-state index contributed by atoms with van der Waals surface area (Å²) in [6.45, 7) is 12.0. The van der Waals surface area contributed by atoms with Crippen LogP contribution in [0.25, 0.3) is 10.9 Å². The standard InChI is InChI=1S/C21H28N2/c1-4-9-22-13-15(3)11-18-17-7-6-8-19-21(17)16(12-20(18)22)14-23(19)10-5-2/h4,6-8,14-15,18,20H,1,5,9-13H2,2-3H3/t15-,18?,20-/m1/s1. The van der Waals surface area contributed by atoms with E-state index in [1.54, 1.807) is 16.5 Å². The summed E-state index contributed by atoms with van der Waals surface area (Å²) >= 11 is 0. The summed E-state index contributed by atoms with van der Waals surface area (Å²) in [6, 6.07) is 7.63. The fourth-order valence-electron chi connectivity index (χ4n) is 5.02. The number of nitrogens with zero attached hydrogens (tertiary/aromatic N) is 2. The van der Waals surface area contributed by atoms with Gasteiger partial charge >= 0.3 is 0 Å². The summed E-state index contributed by atoms with van der Waals surface area (Å²) in [5.74, 6) is 1.46. The van der Waals surface area contributed by atoms with Crippen LogP contribution in [0.1, 0.15) is 43.7 Å². The van der Waals surface area contributed by atoms with E-state index >= 15 is 0 Å². The van der Waals surface area contributed by atoms with Crippen molar-refractivity contribution in [3.8, 4) is 0 Å². The van der Waals surface area contributed by atoms with E-state index in [1.807, 2.05) is 0 Å². The van der Waals surface area contributed by atoms with Gasteiger partial charge in [0.1, 0.15) is 0 Å². The van der Waals surface area contributed by atoms with Crippen molar-refractivity contribution in [2.45, 2.75) is 51.6 Å². The molecule has 1 aliphatic heterocycles. The minimum atomic E-state index is 0.653. The Kier molecular flexibility index (Phi) is 3.81. The van der Waals surface area contributed by atoms with Gasteiger partial charge in [0, 0.05) is 48.7 Å². The largest absolute Gasteiger partial charge is 0.347 e. The predicted octanol–water partition coefficient (Wildman–Crippen LogP) is 4.59. The topological polar surface area (TPSA) is 8.17 Å². The third-order valence-electron chi connectivity index (χ3n) is 5.81. The Bertz CT molecular complexity index is 727. The van der Waals surface area contributed by atoms with Crippen LogP contribution in [0.15, 0.2) is 37.1 Å². The maximum atomic E-state index is 3.98. The highest BCUT2D eigenvalue weighted by Gasteiger charge is 2.39. The SMILES string of the molecule is C=CCN1C[C@H](C)CC2c3cccc4c3c(cn4CCC)C[C@H]21. The molecule has 2 nitrogen and oxygen atoms in total. The molecule has 1 aromatic heterocycles. The van der Waals surface area contributed by atoms with E-state index in [0.29, 0.717) is 12.0 Å². The second-order valence-corrected chi connectivity index (χ2v) is 7.55. The molecule has 2 aliphatic rings. The third kappa shape index (κ3) is 2.35. The van der Waals surface area contributed by atoms with Gasteiger partial charge in [0.25, 0.3) is 0 Å². The van der Waals surface area contributed by atoms with Crippen molar-refractivity contribution in [3.05, 3.63) is 48.2 Å². The van der Waals surface area contributed by atoms with Crippen LogP contribution in [0, 0.1) is 5.92 Å². The molecule has 23 heavy (non-hydrogen) atoms. The van der Waals surface area contributed by atoms with Gasteiger partial charge in [0.05, 0.1) is 0 Å². The van der Waals surface area contributed by atoms with Gasteiger partial charge in [-0.3, -0.25) is 4.90 Å². The first-order chi connectivity index (χ1) is 11.2. The third-order valence-corrected chi connectivity index (χ3v) is 5.81. The zero-order valence-electron chi connectivity index (χ0n) is 14.5. The van der Waals surface area contributed by atoms with Crippen molar-refractivity contribution in [1.82, 2.24) is 9.47 Å². The Morgan fingerprint density at radius 1 is 1.35 bits per heavy atom. The van der Waals surface area contributed by atoms with Gasteiger partial charge in [-0.2, -0.15) is 0 Å². The van der Waals surface area contributed by atoms with Crippen LogP contribution in [-0.2, 0) is 13.0 Å². The van der Waals surface area contributed by atoms with Gasteiger partial charge in [-0.05, 0) is 42.4 Å². The lowest BCUT2D eigenvalue weighted by Gasteiger charge is -2.46. The quantitative estimate of drug-likeness (QED) is 0.750. The number of aryl methyl sites for hydroxylation is 1. The van der Waals surface area contributed by atoms with Gasteiger partial charge in [-0.1, -0.05) is 32.1 Å². The highest BCUT2D eigenvalue weighted by molar-refractivity contribution is 5.89. The van der Waals surface area contributed by atoms with Crippen molar-refractivity contribution in [3.63, 3.8) is 0 Å². The molecule has 0 bridgehead atoms. The lowest BCUT2D eigenvalue weighted by Crippen LogP contribution is -2.49. The number of hydrogen-bond donors (Lipinski definition) is 0. The number of fused-ring (bicyclic) bond motifs is 2. The normalized spacial score (nSPS) is 27.1. The van der Waals surface area contributed by atoms with Crippen molar-refractivity contribution in [1.29, 1.82) is 0 Å². The Labute approximate surface area is 139 Å². The van der Waals surface area contributed by atoms with Crippen LogP contribution in [0.4, 0.5) is 0 Å². The maximum Gasteiger partial charge on any atom is 0.0486 e. The molecular weight excluding hydrogens is 280 g/mol. The van der Waals surface area contributed by atoms with Crippen molar-refractivity contribution < 1.29 is 0 Å². The van der Waals surface area contributed by atoms with Crippen LogP contribution in [-0.4, -0.2) is 28.6 Å². The van der Waals surface area contributed by atoms with Gasteiger partial charge < -0.3 is 4.57 Å². The van der Waals surface area contributed by atoms with E-state index in [2.05, 4.69) is 60.4 Å². The molecule has 3 atom stereocenters. The second kappa shape index (κ2) is 5.83. The van der Waals surface area contributed by atoms with Gasteiger partial charge in [-0.15, -0.1) is 6.58 Å². The minimum absolute atomic E-state index is 0.653. The summed E-state index contributed by atoms with van der Waals surface area (Å²) in [5, 5.41) is 1.56. The highest BCUT2D eigenvalue weighted by Crippen LogP contribution is 2.45. The molecule has 1 saturated heterocycles. The maximum absolute atomic E-state index is 3.98. The number of piperidine rings is 1. The average molecular weight is 308 g/mol. The Morgan fingerprint density at radius 2 is 2.22 bits per heavy atom. The smallest absolute Gasteiger partial charge is 0.0486 e. The lowest BCUT2D eigenvalue weighted by atomic mass is 9.72. The summed E-state index contributed by atoms with van der Waals surface area (Å²) in [4.78, 5) is 2.67. The molecular formula is C21H28N2. The molecule has 1 aliphatic carbocycles. The van der Waals surface area contributed by atoms with Gasteiger partial charge in [-0.25, -0.2) is 0 Å². The number of hydrogen-bond acceptors (Lipinski definition) is 1. The van der Waals surface area contributed by atoms with Gasteiger partial charge in [0.2, 0.25) is 0 Å². The number of likely N-dealkylation sites (tertiary alicyclic amines) is 1. The summed E-state index contributed by atoms with van der Waals surface area (Å²) in [5.41, 5.74) is 4.62. The minimum Gasteiger partial charge on any atom is -0.347 e. The van der Waals surface area contributed by atoms with Crippen LogP contribution in [0.5, 0.6) is 0 Å². The van der Waals surface area contributed by atoms with E-state index < -0.39 is 0 Å². The van der Waals surface area contributed by atoms with E-state index in [0.717, 1.165) is 19.0 Å². The molecule has 1 unspecified atom stereocenters. The van der Waals surface area contributed by atoms with Crippen molar-refractivity contribution in [2.75, 3.05) is 13.1 Å². The Balaban J connectivity index is 1.83. The first-order valence-electron chi connectivity index (χ1n) is 9.18. The molecule has 0 spiro atoms. The van der Waals surface area contributed by atoms with Crippen LogP contribution >= 0.6 is 0 Å². The fourth-order valence-corrected chi connectivity index (χ4v) is 5.02.